The SMILES string of the molecule is C[C@H](N)Cc1ccc2c(c1)CCN2Cc1ccccc1. The smallest absolute Gasteiger partial charge is 0.0429 e. The van der Waals surface area contributed by atoms with Crippen molar-refractivity contribution in [2.24, 2.45) is 5.73 Å². The largest absolute Gasteiger partial charge is 0.367 e. The van der Waals surface area contributed by atoms with Crippen molar-refractivity contribution in [1.82, 2.24) is 0 Å². The van der Waals surface area contributed by atoms with Crippen LogP contribution in [0.4, 0.5) is 5.69 Å². The molecule has 2 heteroatoms. The van der Waals surface area contributed by atoms with E-state index in [0.29, 0.717) is 0 Å². The van der Waals surface area contributed by atoms with E-state index in [9.17, 15) is 0 Å². The lowest BCUT2D eigenvalue weighted by Gasteiger charge is -2.20. The van der Waals surface area contributed by atoms with Crippen molar-refractivity contribution in [3.05, 3.63) is 65.2 Å². The summed E-state index contributed by atoms with van der Waals surface area (Å²) in [6.45, 7) is 4.18. The maximum Gasteiger partial charge on any atom is 0.0429 e. The molecule has 3 rings (SSSR count). The minimum Gasteiger partial charge on any atom is -0.367 e. The third kappa shape index (κ3) is 2.86. The molecule has 0 spiro atoms. The molecule has 104 valence electrons. The van der Waals surface area contributed by atoms with Crippen molar-refractivity contribution in [2.75, 3.05) is 11.4 Å². The number of benzene rings is 2. The zero-order valence-electron chi connectivity index (χ0n) is 12.0. The van der Waals surface area contributed by atoms with Crippen molar-refractivity contribution >= 4 is 5.69 Å². The molecule has 2 aromatic carbocycles. The lowest BCUT2D eigenvalue weighted by Crippen LogP contribution is -2.19. The lowest BCUT2D eigenvalue weighted by molar-refractivity contribution is 0.737. The van der Waals surface area contributed by atoms with Gasteiger partial charge in [0.15, 0.2) is 0 Å². The Morgan fingerprint density at radius 3 is 2.65 bits per heavy atom. The standard InChI is InChI=1S/C18H22N2/c1-14(19)11-16-7-8-18-17(12-16)9-10-20(18)13-15-5-3-2-4-6-15/h2-8,12,14H,9-11,13,19H2,1H3/t14-/m0/s1. The summed E-state index contributed by atoms with van der Waals surface area (Å²) < 4.78 is 0. The average molecular weight is 266 g/mol. The number of rotatable bonds is 4. The van der Waals surface area contributed by atoms with E-state index in [-0.39, 0.29) is 6.04 Å². The van der Waals surface area contributed by atoms with Crippen LogP contribution in [0.3, 0.4) is 0 Å². The molecule has 0 bridgehead atoms. The van der Waals surface area contributed by atoms with E-state index in [1.165, 1.54) is 22.4 Å². The Bertz CT molecular complexity index is 575. The topological polar surface area (TPSA) is 29.3 Å². The normalized spacial score (nSPS) is 15.2. The van der Waals surface area contributed by atoms with Gasteiger partial charge in [-0.3, -0.25) is 0 Å². The van der Waals surface area contributed by atoms with Crippen LogP contribution in [0, 0.1) is 0 Å². The third-order valence-electron chi connectivity index (χ3n) is 3.91. The van der Waals surface area contributed by atoms with Crippen LogP contribution in [0.5, 0.6) is 0 Å². The summed E-state index contributed by atoms with van der Waals surface area (Å²) in [5.41, 5.74) is 11.5. The van der Waals surface area contributed by atoms with Crippen molar-refractivity contribution < 1.29 is 0 Å². The molecule has 1 heterocycles. The first-order valence-corrected chi connectivity index (χ1v) is 7.38. The highest BCUT2D eigenvalue weighted by molar-refractivity contribution is 5.59. The second-order valence-electron chi connectivity index (χ2n) is 5.80. The first kappa shape index (κ1) is 13.2. The lowest BCUT2D eigenvalue weighted by atomic mass is 10.0. The fraction of sp³-hybridized carbons (Fsp3) is 0.333. The van der Waals surface area contributed by atoms with Gasteiger partial charge in [-0.25, -0.2) is 0 Å². The van der Waals surface area contributed by atoms with E-state index >= 15 is 0 Å². The van der Waals surface area contributed by atoms with Gasteiger partial charge in [0.05, 0.1) is 0 Å². The predicted octanol–water partition coefficient (Wildman–Crippen LogP) is 3.14. The Morgan fingerprint density at radius 1 is 1.10 bits per heavy atom. The second-order valence-corrected chi connectivity index (χ2v) is 5.80. The molecule has 0 fully saturated rings. The Balaban J connectivity index is 1.77. The molecule has 2 nitrogen and oxygen atoms in total. The van der Waals surface area contributed by atoms with Crippen LogP contribution in [-0.2, 0) is 19.4 Å². The van der Waals surface area contributed by atoms with E-state index in [2.05, 4.69) is 60.4 Å². The van der Waals surface area contributed by atoms with E-state index in [1.54, 1.807) is 0 Å². The highest BCUT2D eigenvalue weighted by atomic mass is 15.1. The van der Waals surface area contributed by atoms with Crippen LogP contribution in [-0.4, -0.2) is 12.6 Å². The molecule has 2 aromatic rings. The number of hydrogen-bond acceptors (Lipinski definition) is 2. The summed E-state index contributed by atoms with van der Waals surface area (Å²) in [6.07, 6.45) is 2.11. The monoisotopic (exact) mass is 266 g/mol. The summed E-state index contributed by atoms with van der Waals surface area (Å²) in [6, 6.07) is 17.7. The molecular weight excluding hydrogens is 244 g/mol. The average Bonchev–Trinajstić information content (AvgIpc) is 2.82. The maximum atomic E-state index is 5.89. The van der Waals surface area contributed by atoms with E-state index in [0.717, 1.165) is 25.9 Å². The van der Waals surface area contributed by atoms with Gasteiger partial charge in [0.2, 0.25) is 0 Å². The summed E-state index contributed by atoms with van der Waals surface area (Å²) in [4.78, 5) is 2.47. The van der Waals surface area contributed by atoms with Gasteiger partial charge in [-0.05, 0) is 42.5 Å². The van der Waals surface area contributed by atoms with Gasteiger partial charge >= 0.3 is 0 Å². The molecule has 0 aliphatic carbocycles. The molecule has 0 unspecified atom stereocenters. The van der Waals surface area contributed by atoms with Gasteiger partial charge in [0, 0.05) is 24.8 Å². The number of nitrogens with zero attached hydrogens (tertiary/aromatic N) is 1. The quantitative estimate of drug-likeness (QED) is 0.921. The summed E-state index contributed by atoms with van der Waals surface area (Å²) in [5, 5.41) is 0. The number of hydrogen-bond donors (Lipinski definition) is 1. The molecule has 0 saturated carbocycles. The number of anilines is 1. The molecule has 1 aliphatic rings. The summed E-state index contributed by atoms with van der Waals surface area (Å²) >= 11 is 0. The number of fused-ring (bicyclic) bond motifs is 1. The third-order valence-corrected chi connectivity index (χ3v) is 3.91. The van der Waals surface area contributed by atoms with Crippen LogP contribution in [0.1, 0.15) is 23.6 Å². The number of nitrogens with two attached hydrogens (primary N) is 1. The van der Waals surface area contributed by atoms with Gasteiger partial charge in [-0.1, -0.05) is 42.5 Å². The van der Waals surface area contributed by atoms with Crippen LogP contribution in [0.25, 0.3) is 0 Å². The summed E-state index contributed by atoms with van der Waals surface area (Å²) in [5.74, 6) is 0. The van der Waals surface area contributed by atoms with Gasteiger partial charge in [0.25, 0.3) is 0 Å². The zero-order chi connectivity index (χ0) is 13.9. The highest BCUT2D eigenvalue weighted by Crippen LogP contribution is 2.30. The molecule has 0 aromatic heterocycles. The van der Waals surface area contributed by atoms with Crippen LogP contribution in [0.15, 0.2) is 48.5 Å². The zero-order valence-corrected chi connectivity index (χ0v) is 12.0. The predicted molar refractivity (Wildman–Crippen MR) is 85.0 cm³/mol. The van der Waals surface area contributed by atoms with Crippen molar-refractivity contribution in [3.63, 3.8) is 0 Å². The highest BCUT2D eigenvalue weighted by Gasteiger charge is 2.19. The van der Waals surface area contributed by atoms with Crippen LogP contribution < -0.4 is 10.6 Å². The fourth-order valence-corrected chi connectivity index (χ4v) is 2.99. The molecule has 2 N–H and O–H groups in total. The van der Waals surface area contributed by atoms with E-state index < -0.39 is 0 Å². The Kier molecular flexibility index (Phi) is 3.75. The first-order valence-electron chi connectivity index (χ1n) is 7.38. The molecule has 20 heavy (non-hydrogen) atoms. The van der Waals surface area contributed by atoms with Crippen LogP contribution in [0.2, 0.25) is 0 Å². The molecule has 0 amide bonds. The van der Waals surface area contributed by atoms with Crippen molar-refractivity contribution in [3.8, 4) is 0 Å². The maximum absolute atomic E-state index is 5.89. The minimum absolute atomic E-state index is 0.231. The van der Waals surface area contributed by atoms with Gasteiger partial charge in [-0.15, -0.1) is 0 Å². The Hall–Kier alpha value is -1.80. The van der Waals surface area contributed by atoms with Gasteiger partial charge in [0.1, 0.15) is 0 Å². The van der Waals surface area contributed by atoms with Gasteiger partial charge < -0.3 is 10.6 Å². The molecule has 1 aliphatic heterocycles. The molecular formula is C18H22N2. The Morgan fingerprint density at radius 2 is 1.90 bits per heavy atom. The summed E-state index contributed by atoms with van der Waals surface area (Å²) in [7, 11) is 0. The van der Waals surface area contributed by atoms with E-state index in [1.807, 2.05) is 0 Å². The van der Waals surface area contributed by atoms with Gasteiger partial charge in [-0.2, -0.15) is 0 Å². The molecule has 1 atom stereocenters. The Labute approximate surface area is 121 Å². The molecule has 0 radical (unpaired) electrons. The molecule has 0 saturated heterocycles. The second kappa shape index (κ2) is 5.68. The first-order chi connectivity index (χ1) is 9.72. The van der Waals surface area contributed by atoms with Crippen molar-refractivity contribution in [1.29, 1.82) is 0 Å². The minimum atomic E-state index is 0.231. The fourth-order valence-electron chi connectivity index (χ4n) is 2.99. The van der Waals surface area contributed by atoms with Crippen molar-refractivity contribution in [2.45, 2.75) is 32.4 Å². The van der Waals surface area contributed by atoms with Crippen LogP contribution >= 0.6 is 0 Å². The van der Waals surface area contributed by atoms with E-state index in [4.69, 9.17) is 5.73 Å².